The molecule has 1 aliphatic heterocycles. The number of esters is 1. The number of carbonyl (C=O) groups is 1. The molecule has 86 valence electrons. The highest BCUT2D eigenvalue weighted by molar-refractivity contribution is 9.12. The monoisotopic (exact) mass is 346 g/mol. The Bertz CT molecular complexity index is 419. The maximum atomic E-state index is 11.7. The maximum Gasteiger partial charge on any atom is 0.340 e. The lowest BCUT2D eigenvalue weighted by Gasteiger charge is -2.27. The normalized spacial score (nSPS) is 25.1. The quantitative estimate of drug-likeness (QED) is 0.611. The fraction of sp³-hybridized carbons (Fsp3) is 0.417. The van der Waals surface area contributed by atoms with Gasteiger partial charge in [-0.05, 0) is 28.4 Å². The molecular weight excluding hydrogens is 336 g/mol. The van der Waals surface area contributed by atoms with Gasteiger partial charge in [0.1, 0.15) is 0 Å². The highest BCUT2D eigenvalue weighted by atomic mass is 79.9. The van der Waals surface area contributed by atoms with Gasteiger partial charge in [0.05, 0.1) is 10.4 Å². The molecule has 2 nitrogen and oxygen atoms in total. The van der Waals surface area contributed by atoms with Crippen LogP contribution in [0.3, 0.4) is 0 Å². The number of rotatable bonds is 3. The van der Waals surface area contributed by atoms with E-state index in [4.69, 9.17) is 4.74 Å². The van der Waals surface area contributed by atoms with Crippen LogP contribution in [0.25, 0.3) is 0 Å². The molecular formula is C12H12Br2O2. The Labute approximate surface area is 112 Å². The van der Waals surface area contributed by atoms with E-state index in [2.05, 4.69) is 38.8 Å². The molecule has 16 heavy (non-hydrogen) atoms. The first-order valence-electron chi connectivity index (χ1n) is 5.25. The summed E-state index contributed by atoms with van der Waals surface area (Å²) < 4.78 is 4.75. The van der Waals surface area contributed by atoms with Crippen molar-refractivity contribution in [2.24, 2.45) is 0 Å². The van der Waals surface area contributed by atoms with Crippen LogP contribution < -0.4 is 0 Å². The number of alkyl halides is 2. The van der Waals surface area contributed by atoms with Crippen molar-refractivity contribution in [2.45, 2.75) is 29.1 Å². The van der Waals surface area contributed by atoms with Crippen molar-refractivity contribution in [3.05, 3.63) is 35.4 Å². The van der Waals surface area contributed by atoms with Crippen LogP contribution in [0.1, 0.15) is 35.7 Å². The zero-order valence-corrected chi connectivity index (χ0v) is 12.0. The fourth-order valence-corrected chi connectivity index (χ4v) is 3.39. The third kappa shape index (κ3) is 1.82. The molecule has 0 aromatic heterocycles. The van der Waals surface area contributed by atoms with Crippen molar-refractivity contribution in [3.8, 4) is 0 Å². The van der Waals surface area contributed by atoms with Crippen molar-refractivity contribution in [1.29, 1.82) is 0 Å². The van der Waals surface area contributed by atoms with Gasteiger partial charge in [-0.3, -0.25) is 0 Å². The topological polar surface area (TPSA) is 26.3 Å². The largest absolute Gasteiger partial charge is 0.438 e. The third-order valence-electron chi connectivity index (χ3n) is 2.70. The van der Waals surface area contributed by atoms with Gasteiger partial charge in [-0.2, -0.15) is 0 Å². The number of ether oxygens (including phenoxy) is 1. The van der Waals surface area contributed by atoms with Crippen molar-refractivity contribution >= 4 is 37.8 Å². The van der Waals surface area contributed by atoms with Crippen LogP contribution in [0.2, 0.25) is 0 Å². The van der Waals surface area contributed by atoms with E-state index in [1.54, 1.807) is 6.07 Å². The second-order valence-corrected chi connectivity index (χ2v) is 6.12. The van der Waals surface area contributed by atoms with E-state index in [-0.39, 0.29) is 10.8 Å². The van der Waals surface area contributed by atoms with Crippen molar-refractivity contribution < 1.29 is 9.53 Å². The molecule has 1 aromatic rings. The number of benzene rings is 1. The molecule has 1 aliphatic rings. The summed E-state index contributed by atoms with van der Waals surface area (Å²) in [5, 5.41) is 0. The summed E-state index contributed by atoms with van der Waals surface area (Å²) >= 11 is 7.16. The molecule has 2 unspecified atom stereocenters. The number of halogens is 2. The molecule has 0 spiro atoms. The first kappa shape index (κ1) is 12.1. The Morgan fingerprint density at radius 1 is 1.44 bits per heavy atom. The lowest BCUT2D eigenvalue weighted by atomic mass is 10.0. The van der Waals surface area contributed by atoms with Crippen LogP contribution in [0, 0.1) is 0 Å². The Balaban J connectivity index is 2.42. The molecule has 0 saturated heterocycles. The molecule has 0 saturated carbocycles. The molecule has 0 bridgehead atoms. The smallest absolute Gasteiger partial charge is 0.340 e. The van der Waals surface area contributed by atoms with E-state index < -0.39 is 4.51 Å². The van der Waals surface area contributed by atoms with Crippen molar-refractivity contribution in [3.63, 3.8) is 0 Å². The highest BCUT2D eigenvalue weighted by Crippen LogP contribution is 2.48. The molecule has 2 atom stereocenters. The van der Waals surface area contributed by atoms with Gasteiger partial charge in [0.15, 0.2) is 0 Å². The summed E-state index contributed by atoms with van der Waals surface area (Å²) in [5.74, 6) is -0.256. The SMILES string of the molecule is CCCC(Br)C1(Br)OC(=O)c2ccccc21. The van der Waals surface area contributed by atoms with Gasteiger partial charge in [0, 0.05) is 5.56 Å². The summed E-state index contributed by atoms with van der Waals surface area (Å²) in [4.78, 5) is 11.8. The number of cyclic esters (lactones) is 1. The van der Waals surface area contributed by atoms with E-state index in [1.165, 1.54) is 0 Å². The molecule has 0 fully saturated rings. The summed E-state index contributed by atoms with van der Waals surface area (Å²) in [6.45, 7) is 2.10. The maximum absolute atomic E-state index is 11.7. The lowest BCUT2D eigenvalue weighted by molar-refractivity contribution is 0.0303. The van der Waals surface area contributed by atoms with Crippen LogP contribution >= 0.6 is 31.9 Å². The lowest BCUT2D eigenvalue weighted by Crippen LogP contribution is -2.29. The van der Waals surface area contributed by atoms with Crippen LogP contribution in [0.5, 0.6) is 0 Å². The molecule has 2 rings (SSSR count). The van der Waals surface area contributed by atoms with Crippen LogP contribution in [-0.2, 0) is 9.25 Å². The molecule has 0 amide bonds. The van der Waals surface area contributed by atoms with Gasteiger partial charge in [-0.15, -0.1) is 0 Å². The predicted octanol–water partition coefficient (Wildman–Crippen LogP) is 3.97. The van der Waals surface area contributed by atoms with E-state index >= 15 is 0 Å². The van der Waals surface area contributed by atoms with Gasteiger partial charge in [-0.25, -0.2) is 4.79 Å². The average molecular weight is 348 g/mol. The Morgan fingerprint density at radius 2 is 2.12 bits per heavy atom. The summed E-state index contributed by atoms with van der Waals surface area (Å²) in [6.07, 6.45) is 1.97. The minimum atomic E-state index is -0.712. The number of hydrogen-bond donors (Lipinski definition) is 0. The van der Waals surface area contributed by atoms with Gasteiger partial charge >= 0.3 is 5.97 Å². The molecule has 1 aromatic carbocycles. The summed E-state index contributed by atoms with van der Waals surface area (Å²) in [6, 6.07) is 7.50. The van der Waals surface area contributed by atoms with Gasteiger partial charge < -0.3 is 4.74 Å². The minimum absolute atomic E-state index is 0.0811. The van der Waals surface area contributed by atoms with Gasteiger partial charge in [0.2, 0.25) is 4.51 Å². The molecule has 4 heteroatoms. The number of fused-ring (bicyclic) bond motifs is 1. The summed E-state index contributed by atoms with van der Waals surface area (Å²) in [5.41, 5.74) is 1.57. The zero-order valence-electron chi connectivity index (χ0n) is 8.87. The molecule has 0 radical (unpaired) electrons. The standard InChI is InChI=1S/C12H12Br2O2/c1-2-5-10(13)12(14)9-7-4-3-6-8(9)11(15)16-12/h3-4,6-7,10H,2,5H2,1H3. The Hall–Kier alpha value is -0.350. The van der Waals surface area contributed by atoms with Gasteiger partial charge in [-0.1, -0.05) is 47.5 Å². The van der Waals surface area contributed by atoms with Crippen molar-refractivity contribution in [2.75, 3.05) is 0 Å². The van der Waals surface area contributed by atoms with Crippen LogP contribution in [0.15, 0.2) is 24.3 Å². The molecule has 1 heterocycles. The van der Waals surface area contributed by atoms with Crippen LogP contribution in [-0.4, -0.2) is 10.8 Å². The summed E-state index contributed by atoms with van der Waals surface area (Å²) in [7, 11) is 0. The first-order chi connectivity index (χ1) is 7.59. The fourth-order valence-electron chi connectivity index (χ4n) is 1.88. The number of carbonyl (C=O) groups excluding carboxylic acids is 1. The van der Waals surface area contributed by atoms with Crippen LogP contribution in [0.4, 0.5) is 0 Å². The van der Waals surface area contributed by atoms with E-state index in [0.29, 0.717) is 5.56 Å². The van der Waals surface area contributed by atoms with E-state index in [9.17, 15) is 4.79 Å². The molecule has 0 N–H and O–H groups in total. The van der Waals surface area contributed by atoms with Crippen molar-refractivity contribution in [1.82, 2.24) is 0 Å². The second kappa shape index (κ2) is 4.49. The predicted molar refractivity (Wildman–Crippen MR) is 70.1 cm³/mol. The average Bonchev–Trinajstić information content (AvgIpc) is 2.54. The molecule has 0 aliphatic carbocycles. The van der Waals surface area contributed by atoms with E-state index in [0.717, 1.165) is 18.4 Å². The third-order valence-corrected chi connectivity index (χ3v) is 5.56. The number of hydrogen-bond acceptors (Lipinski definition) is 2. The first-order valence-corrected chi connectivity index (χ1v) is 6.96. The second-order valence-electron chi connectivity index (χ2n) is 3.84. The Kier molecular flexibility index (Phi) is 3.40. The highest BCUT2D eigenvalue weighted by Gasteiger charge is 2.47. The van der Waals surface area contributed by atoms with Gasteiger partial charge in [0.25, 0.3) is 0 Å². The van der Waals surface area contributed by atoms with E-state index in [1.807, 2.05) is 18.2 Å². The minimum Gasteiger partial charge on any atom is -0.438 e. The zero-order chi connectivity index (χ0) is 11.8. The Morgan fingerprint density at radius 3 is 2.81 bits per heavy atom.